The molecule has 1 saturated heterocycles. The Kier molecular flexibility index (Phi) is 4.24. The molecule has 18 heavy (non-hydrogen) atoms. The van der Waals surface area contributed by atoms with E-state index in [1.54, 1.807) is 0 Å². The van der Waals surface area contributed by atoms with E-state index in [0.717, 1.165) is 31.7 Å². The number of carbonyl (C=O) groups excluding carboxylic acids is 1. The van der Waals surface area contributed by atoms with Crippen molar-refractivity contribution in [2.24, 2.45) is 5.92 Å². The van der Waals surface area contributed by atoms with Gasteiger partial charge in [0.2, 0.25) is 5.91 Å². The molecule has 0 radical (unpaired) electrons. The first-order valence-corrected chi connectivity index (χ1v) is 6.67. The maximum Gasteiger partial charge on any atom is 0.225 e. The summed E-state index contributed by atoms with van der Waals surface area (Å²) >= 11 is 0. The van der Waals surface area contributed by atoms with Crippen LogP contribution in [0.25, 0.3) is 0 Å². The van der Waals surface area contributed by atoms with Gasteiger partial charge in [0.05, 0.1) is 0 Å². The maximum absolute atomic E-state index is 11.8. The third-order valence-corrected chi connectivity index (χ3v) is 3.29. The van der Waals surface area contributed by atoms with E-state index in [4.69, 9.17) is 4.74 Å². The van der Waals surface area contributed by atoms with E-state index in [9.17, 15) is 4.79 Å². The van der Waals surface area contributed by atoms with Crippen molar-refractivity contribution in [1.29, 1.82) is 0 Å². The van der Waals surface area contributed by atoms with Crippen molar-refractivity contribution in [2.75, 3.05) is 13.1 Å². The lowest BCUT2D eigenvalue weighted by atomic mass is 10.1. The Morgan fingerprint density at radius 3 is 2.39 bits per heavy atom. The minimum absolute atomic E-state index is 0.0941. The summed E-state index contributed by atoms with van der Waals surface area (Å²) in [6.45, 7) is 5.53. The highest BCUT2D eigenvalue weighted by molar-refractivity contribution is 5.78. The van der Waals surface area contributed by atoms with Gasteiger partial charge in [0, 0.05) is 31.8 Å². The number of carbonyl (C=O) groups is 1. The van der Waals surface area contributed by atoms with Gasteiger partial charge in [0.15, 0.2) is 0 Å². The number of ether oxygens (including phenoxy) is 1. The molecule has 1 aliphatic heterocycles. The van der Waals surface area contributed by atoms with Gasteiger partial charge in [-0.1, -0.05) is 32.0 Å². The topological polar surface area (TPSA) is 29.5 Å². The number of amides is 1. The Labute approximate surface area is 109 Å². The van der Waals surface area contributed by atoms with Crippen LogP contribution in [0.5, 0.6) is 5.75 Å². The normalized spacial score (nSPS) is 16.9. The minimum Gasteiger partial charge on any atom is -0.490 e. The first kappa shape index (κ1) is 12.9. The number of para-hydroxylation sites is 1. The SMILES string of the molecule is CC(C)C(=O)N1CCC(Oc2ccccc2)CC1. The standard InChI is InChI=1S/C15H21NO2/c1-12(2)15(17)16-10-8-14(9-11-16)18-13-6-4-3-5-7-13/h3-7,12,14H,8-11H2,1-2H3. The number of likely N-dealkylation sites (tertiary alicyclic amines) is 1. The molecule has 1 fully saturated rings. The second kappa shape index (κ2) is 5.89. The fourth-order valence-electron chi connectivity index (χ4n) is 2.25. The fourth-order valence-corrected chi connectivity index (χ4v) is 2.25. The molecular formula is C15H21NO2. The summed E-state index contributed by atoms with van der Waals surface area (Å²) in [4.78, 5) is 13.8. The van der Waals surface area contributed by atoms with Gasteiger partial charge in [-0.3, -0.25) is 4.79 Å². The molecule has 1 aromatic rings. The van der Waals surface area contributed by atoms with E-state index in [1.807, 2.05) is 49.1 Å². The number of nitrogens with zero attached hydrogens (tertiary/aromatic N) is 1. The van der Waals surface area contributed by atoms with Gasteiger partial charge < -0.3 is 9.64 Å². The second-order valence-corrected chi connectivity index (χ2v) is 5.11. The van der Waals surface area contributed by atoms with E-state index in [2.05, 4.69) is 0 Å². The molecule has 2 rings (SSSR count). The summed E-state index contributed by atoms with van der Waals surface area (Å²) in [6, 6.07) is 9.90. The summed E-state index contributed by atoms with van der Waals surface area (Å²) in [6.07, 6.45) is 2.09. The van der Waals surface area contributed by atoms with Crippen LogP contribution >= 0.6 is 0 Å². The van der Waals surface area contributed by atoms with Gasteiger partial charge in [-0.15, -0.1) is 0 Å². The summed E-state index contributed by atoms with van der Waals surface area (Å²) in [5.74, 6) is 1.27. The summed E-state index contributed by atoms with van der Waals surface area (Å²) in [5, 5.41) is 0. The molecule has 0 aromatic heterocycles. The van der Waals surface area contributed by atoms with Crippen molar-refractivity contribution in [3.63, 3.8) is 0 Å². The molecular weight excluding hydrogens is 226 g/mol. The lowest BCUT2D eigenvalue weighted by molar-refractivity contribution is -0.136. The van der Waals surface area contributed by atoms with Crippen molar-refractivity contribution in [3.8, 4) is 5.75 Å². The predicted molar refractivity (Wildman–Crippen MR) is 71.5 cm³/mol. The molecule has 98 valence electrons. The number of hydrogen-bond acceptors (Lipinski definition) is 2. The molecule has 1 amide bonds. The van der Waals surface area contributed by atoms with Crippen LogP contribution in [0, 0.1) is 5.92 Å². The van der Waals surface area contributed by atoms with Gasteiger partial charge >= 0.3 is 0 Å². The van der Waals surface area contributed by atoms with Crippen LogP contribution in [0.1, 0.15) is 26.7 Å². The smallest absolute Gasteiger partial charge is 0.225 e. The third kappa shape index (κ3) is 3.25. The van der Waals surface area contributed by atoms with E-state index in [0.29, 0.717) is 0 Å². The molecule has 0 unspecified atom stereocenters. The molecule has 0 bridgehead atoms. The van der Waals surface area contributed by atoms with Crippen molar-refractivity contribution < 1.29 is 9.53 Å². The van der Waals surface area contributed by atoms with E-state index < -0.39 is 0 Å². The third-order valence-electron chi connectivity index (χ3n) is 3.29. The zero-order chi connectivity index (χ0) is 13.0. The molecule has 0 N–H and O–H groups in total. The van der Waals surface area contributed by atoms with Gasteiger partial charge in [-0.05, 0) is 12.1 Å². The van der Waals surface area contributed by atoms with E-state index in [-0.39, 0.29) is 17.9 Å². The fraction of sp³-hybridized carbons (Fsp3) is 0.533. The molecule has 0 saturated carbocycles. The van der Waals surface area contributed by atoms with Crippen molar-refractivity contribution in [2.45, 2.75) is 32.8 Å². The number of benzene rings is 1. The first-order chi connectivity index (χ1) is 8.66. The van der Waals surface area contributed by atoms with E-state index in [1.165, 1.54) is 0 Å². The lowest BCUT2D eigenvalue weighted by Gasteiger charge is -2.33. The van der Waals surface area contributed by atoms with Gasteiger partial charge in [0.25, 0.3) is 0 Å². The molecule has 3 nitrogen and oxygen atoms in total. The van der Waals surface area contributed by atoms with Crippen LogP contribution in [0.15, 0.2) is 30.3 Å². The highest BCUT2D eigenvalue weighted by Crippen LogP contribution is 2.19. The quantitative estimate of drug-likeness (QED) is 0.822. The van der Waals surface area contributed by atoms with Crippen molar-refractivity contribution in [3.05, 3.63) is 30.3 Å². The molecule has 1 aromatic carbocycles. The molecule has 1 aliphatic rings. The average molecular weight is 247 g/mol. The Morgan fingerprint density at radius 1 is 1.22 bits per heavy atom. The monoisotopic (exact) mass is 247 g/mol. The van der Waals surface area contributed by atoms with Gasteiger partial charge in [-0.25, -0.2) is 0 Å². The summed E-state index contributed by atoms with van der Waals surface area (Å²) < 4.78 is 5.91. The largest absolute Gasteiger partial charge is 0.490 e. The van der Waals surface area contributed by atoms with Crippen LogP contribution in [0.4, 0.5) is 0 Å². The highest BCUT2D eigenvalue weighted by Gasteiger charge is 2.24. The minimum atomic E-state index is 0.0941. The van der Waals surface area contributed by atoms with Crippen LogP contribution in [0.2, 0.25) is 0 Å². The van der Waals surface area contributed by atoms with E-state index >= 15 is 0 Å². The Hall–Kier alpha value is -1.51. The number of hydrogen-bond donors (Lipinski definition) is 0. The zero-order valence-corrected chi connectivity index (χ0v) is 11.1. The number of rotatable bonds is 3. The zero-order valence-electron chi connectivity index (χ0n) is 11.1. The number of piperidine rings is 1. The van der Waals surface area contributed by atoms with Crippen molar-refractivity contribution in [1.82, 2.24) is 4.90 Å². The molecule has 3 heteroatoms. The lowest BCUT2D eigenvalue weighted by Crippen LogP contribution is -2.43. The van der Waals surface area contributed by atoms with Crippen molar-refractivity contribution >= 4 is 5.91 Å². The molecule has 0 spiro atoms. The highest BCUT2D eigenvalue weighted by atomic mass is 16.5. The summed E-state index contributed by atoms with van der Waals surface area (Å²) in [5.41, 5.74) is 0. The van der Waals surface area contributed by atoms with Crippen LogP contribution < -0.4 is 4.74 Å². The summed E-state index contributed by atoms with van der Waals surface area (Å²) in [7, 11) is 0. The Morgan fingerprint density at radius 2 is 1.83 bits per heavy atom. The molecule has 0 aliphatic carbocycles. The maximum atomic E-state index is 11.8. The van der Waals surface area contributed by atoms with Crippen LogP contribution in [0.3, 0.4) is 0 Å². The average Bonchev–Trinajstić information content (AvgIpc) is 2.40. The van der Waals surface area contributed by atoms with Gasteiger partial charge in [-0.2, -0.15) is 0 Å². The van der Waals surface area contributed by atoms with Gasteiger partial charge in [0.1, 0.15) is 11.9 Å². The predicted octanol–water partition coefficient (Wildman–Crippen LogP) is 2.71. The second-order valence-electron chi connectivity index (χ2n) is 5.11. The van der Waals surface area contributed by atoms with Crippen LogP contribution in [-0.2, 0) is 4.79 Å². The molecule has 1 heterocycles. The van der Waals surface area contributed by atoms with Crippen LogP contribution in [-0.4, -0.2) is 30.0 Å². The Balaban J connectivity index is 1.82. The molecule has 0 atom stereocenters. The Bertz CT molecular complexity index is 381. The first-order valence-electron chi connectivity index (χ1n) is 6.67.